The minimum atomic E-state index is -0.314. The molecule has 4 nitrogen and oxygen atoms in total. The van der Waals surface area contributed by atoms with Gasteiger partial charge in [0.25, 0.3) is 0 Å². The summed E-state index contributed by atoms with van der Waals surface area (Å²) in [6, 6.07) is 5.52. The molecule has 1 N–H and O–H groups in total. The van der Waals surface area contributed by atoms with Crippen molar-refractivity contribution in [1.82, 2.24) is 0 Å². The van der Waals surface area contributed by atoms with E-state index in [1.165, 1.54) is 0 Å². The lowest BCUT2D eigenvalue weighted by atomic mass is 9.94. The van der Waals surface area contributed by atoms with E-state index in [1.54, 1.807) is 19.1 Å². The van der Waals surface area contributed by atoms with Gasteiger partial charge in [-0.25, -0.2) is 0 Å². The van der Waals surface area contributed by atoms with Crippen molar-refractivity contribution < 1.29 is 14.6 Å². The summed E-state index contributed by atoms with van der Waals surface area (Å²) in [6.07, 6.45) is 0.808. The molecule has 0 fully saturated rings. The van der Waals surface area contributed by atoms with E-state index < -0.39 is 0 Å². The standard InChI is InChI=1S/C14H17NO3/c1-3-13-11(7-14(17)18-4-2)5-10(9-16)6-12(13)8-15/h5-6,16H,3-4,7,9H2,1-2H3. The first-order valence-electron chi connectivity index (χ1n) is 5.97. The zero-order chi connectivity index (χ0) is 13.5. The molecule has 4 heteroatoms. The number of esters is 1. The van der Waals surface area contributed by atoms with Crippen LogP contribution in [0.15, 0.2) is 12.1 Å². The van der Waals surface area contributed by atoms with Gasteiger partial charge < -0.3 is 9.84 Å². The van der Waals surface area contributed by atoms with Crippen LogP contribution in [-0.2, 0) is 29.0 Å². The number of aliphatic hydroxyl groups is 1. The third-order valence-electron chi connectivity index (χ3n) is 2.70. The number of carbonyl (C=O) groups is 1. The fraction of sp³-hybridized carbons (Fsp3) is 0.429. The molecule has 1 aromatic rings. The third kappa shape index (κ3) is 3.31. The van der Waals surface area contributed by atoms with Gasteiger partial charge in [0.2, 0.25) is 0 Å². The first-order chi connectivity index (χ1) is 8.65. The molecule has 1 rings (SSSR count). The predicted molar refractivity (Wildman–Crippen MR) is 66.8 cm³/mol. The smallest absolute Gasteiger partial charge is 0.310 e. The molecule has 0 spiro atoms. The Morgan fingerprint density at radius 3 is 2.67 bits per heavy atom. The van der Waals surface area contributed by atoms with E-state index >= 15 is 0 Å². The summed E-state index contributed by atoms with van der Waals surface area (Å²) in [5.74, 6) is -0.314. The Labute approximate surface area is 107 Å². The molecule has 18 heavy (non-hydrogen) atoms. The molecule has 0 atom stereocenters. The number of benzene rings is 1. The molecule has 0 radical (unpaired) electrons. The Kier molecular flexibility index (Phi) is 5.34. The van der Waals surface area contributed by atoms with Crippen molar-refractivity contribution in [2.45, 2.75) is 33.3 Å². The van der Waals surface area contributed by atoms with Crippen LogP contribution in [0.5, 0.6) is 0 Å². The van der Waals surface area contributed by atoms with Gasteiger partial charge >= 0.3 is 5.97 Å². The summed E-state index contributed by atoms with van der Waals surface area (Å²) in [5.41, 5.74) is 2.77. The van der Waals surface area contributed by atoms with Crippen LogP contribution in [0.1, 0.15) is 36.1 Å². The van der Waals surface area contributed by atoms with E-state index in [-0.39, 0.29) is 19.0 Å². The van der Waals surface area contributed by atoms with Crippen LogP contribution in [-0.4, -0.2) is 17.7 Å². The fourth-order valence-corrected chi connectivity index (χ4v) is 1.93. The Hall–Kier alpha value is -1.86. The second-order valence-corrected chi connectivity index (χ2v) is 3.89. The summed E-state index contributed by atoms with van der Waals surface area (Å²) >= 11 is 0. The number of hydrogen-bond donors (Lipinski definition) is 1. The number of nitrogens with zero attached hydrogens (tertiary/aromatic N) is 1. The molecule has 0 heterocycles. The lowest BCUT2D eigenvalue weighted by molar-refractivity contribution is -0.142. The molecule has 96 valence electrons. The Morgan fingerprint density at radius 1 is 1.44 bits per heavy atom. The molecule has 0 aromatic heterocycles. The SMILES string of the molecule is CCOC(=O)Cc1cc(CO)cc(C#N)c1CC. The van der Waals surface area contributed by atoms with Gasteiger partial charge in [0.05, 0.1) is 31.3 Å². The minimum Gasteiger partial charge on any atom is -0.466 e. The van der Waals surface area contributed by atoms with Gasteiger partial charge in [-0.2, -0.15) is 5.26 Å². The van der Waals surface area contributed by atoms with Gasteiger partial charge in [-0.15, -0.1) is 0 Å². The van der Waals surface area contributed by atoms with E-state index in [4.69, 9.17) is 15.1 Å². The second-order valence-electron chi connectivity index (χ2n) is 3.89. The maximum Gasteiger partial charge on any atom is 0.310 e. The number of nitriles is 1. The molecule has 1 aromatic carbocycles. The highest BCUT2D eigenvalue weighted by Crippen LogP contribution is 2.19. The van der Waals surface area contributed by atoms with Crippen LogP contribution in [0.3, 0.4) is 0 Å². The van der Waals surface area contributed by atoms with Crippen LogP contribution in [0.4, 0.5) is 0 Å². The predicted octanol–water partition coefficient (Wildman–Crippen LogP) is 1.72. The van der Waals surface area contributed by atoms with Crippen molar-refractivity contribution in [3.8, 4) is 6.07 Å². The molecular weight excluding hydrogens is 230 g/mol. The molecule has 0 amide bonds. The van der Waals surface area contributed by atoms with Crippen molar-refractivity contribution >= 4 is 5.97 Å². The van der Waals surface area contributed by atoms with E-state index in [9.17, 15) is 4.79 Å². The summed E-state index contributed by atoms with van der Waals surface area (Å²) in [4.78, 5) is 11.5. The van der Waals surface area contributed by atoms with Crippen molar-refractivity contribution in [3.63, 3.8) is 0 Å². The molecular formula is C14H17NO3. The van der Waals surface area contributed by atoms with Gasteiger partial charge in [-0.1, -0.05) is 13.0 Å². The van der Waals surface area contributed by atoms with Gasteiger partial charge in [0.15, 0.2) is 0 Å². The monoisotopic (exact) mass is 247 g/mol. The topological polar surface area (TPSA) is 70.3 Å². The van der Waals surface area contributed by atoms with Crippen molar-refractivity contribution in [1.29, 1.82) is 5.26 Å². The highest BCUT2D eigenvalue weighted by molar-refractivity contribution is 5.73. The van der Waals surface area contributed by atoms with Crippen LogP contribution in [0.2, 0.25) is 0 Å². The average molecular weight is 247 g/mol. The number of carbonyl (C=O) groups excluding carboxylic acids is 1. The van der Waals surface area contributed by atoms with Crippen molar-refractivity contribution in [2.24, 2.45) is 0 Å². The first-order valence-corrected chi connectivity index (χ1v) is 5.97. The molecule has 0 saturated carbocycles. The summed E-state index contributed by atoms with van der Waals surface area (Å²) < 4.78 is 4.91. The number of ether oxygens (including phenoxy) is 1. The molecule has 0 aliphatic carbocycles. The van der Waals surface area contributed by atoms with Gasteiger partial charge in [-0.3, -0.25) is 4.79 Å². The summed E-state index contributed by atoms with van der Waals surface area (Å²) in [5, 5.41) is 18.2. The van der Waals surface area contributed by atoms with Crippen LogP contribution >= 0.6 is 0 Å². The summed E-state index contributed by atoms with van der Waals surface area (Å²) in [7, 11) is 0. The van der Waals surface area contributed by atoms with Crippen molar-refractivity contribution in [2.75, 3.05) is 6.61 Å². The fourth-order valence-electron chi connectivity index (χ4n) is 1.93. The first kappa shape index (κ1) is 14.2. The molecule has 0 bridgehead atoms. The average Bonchev–Trinajstić information content (AvgIpc) is 2.37. The number of aliphatic hydroxyl groups excluding tert-OH is 1. The molecule has 0 unspecified atom stereocenters. The maximum absolute atomic E-state index is 11.5. The quantitative estimate of drug-likeness (QED) is 0.804. The molecule has 0 aliphatic rings. The van der Waals surface area contributed by atoms with Crippen LogP contribution in [0, 0.1) is 11.3 Å². The molecule has 0 saturated heterocycles. The van der Waals surface area contributed by atoms with Gasteiger partial charge in [0.1, 0.15) is 0 Å². The van der Waals surface area contributed by atoms with Crippen molar-refractivity contribution in [3.05, 3.63) is 34.4 Å². The minimum absolute atomic E-state index is 0.138. The van der Waals surface area contributed by atoms with Gasteiger partial charge in [0, 0.05) is 0 Å². The van der Waals surface area contributed by atoms with E-state index in [0.717, 1.165) is 11.1 Å². The zero-order valence-electron chi connectivity index (χ0n) is 10.7. The second kappa shape index (κ2) is 6.77. The molecule has 0 aliphatic heterocycles. The Balaban J connectivity index is 3.15. The Bertz CT molecular complexity index is 475. The number of hydrogen-bond acceptors (Lipinski definition) is 4. The van der Waals surface area contributed by atoms with E-state index in [2.05, 4.69) is 6.07 Å². The normalized spacial score (nSPS) is 9.89. The lowest BCUT2D eigenvalue weighted by Crippen LogP contribution is -2.10. The highest BCUT2D eigenvalue weighted by Gasteiger charge is 2.13. The summed E-state index contributed by atoms with van der Waals surface area (Å²) in [6.45, 7) is 3.88. The lowest BCUT2D eigenvalue weighted by Gasteiger charge is -2.11. The highest BCUT2D eigenvalue weighted by atomic mass is 16.5. The van der Waals surface area contributed by atoms with E-state index in [0.29, 0.717) is 24.2 Å². The zero-order valence-corrected chi connectivity index (χ0v) is 10.7. The Morgan fingerprint density at radius 2 is 2.17 bits per heavy atom. The van der Waals surface area contributed by atoms with E-state index in [1.807, 2.05) is 6.92 Å². The van der Waals surface area contributed by atoms with Crippen LogP contribution < -0.4 is 0 Å². The number of rotatable bonds is 5. The van der Waals surface area contributed by atoms with Gasteiger partial charge in [-0.05, 0) is 36.1 Å². The maximum atomic E-state index is 11.5. The largest absolute Gasteiger partial charge is 0.466 e. The third-order valence-corrected chi connectivity index (χ3v) is 2.70. The van der Waals surface area contributed by atoms with Crippen LogP contribution in [0.25, 0.3) is 0 Å².